The number of aliphatic hydroxyl groups is 1. The summed E-state index contributed by atoms with van der Waals surface area (Å²) in [6.07, 6.45) is 4.65. The van der Waals surface area contributed by atoms with E-state index in [9.17, 15) is 5.11 Å². The Labute approximate surface area is 111 Å². The summed E-state index contributed by atoms with van der Waals surface area (Å²) in [5.41, 5.74) is 0.382. The van der Waals surface area contributed by atoms with Crippen LogP contribution in [-0.2, 0) is 0 Å². The van der Waals surface area contributed by atoms with Gasteiger partial charge in [-0.2, -0.15) is 12.6 Å². The van der Waals surface area contributed by atoms with Gasteiger partial charge in [0.1, 0.15) is 0 Å². The van der Waals surface area contributed by atoms with Gasteiger partial charge in [-0.15, -0.1) is 0 Å². The van der Waals surface area contributed by atoms with E-state index in [2.05, 4.69) is 31.4 Å². The molecular weight excluding hydrogens is 230 g/mol. The summed E-state index contributed by atoms with van der Waals surface area (Å²) in [5, 5.41) is 9.95. The number of hydrogen-bond acceptors (Lipinski definition) is 3. The second-order valence-corrected chi connectivity index (χ2v) is 6.44. The average Bonchev–Trinajstić information content (AvgIpc) is 2.89. The number of thiol groups is 1. The van der Waals surface area contributed by atoms with E-state index in [0.29, 0.717) is 11.3 Å². The molecule has 3 heteroatoms. The van der Waals surface area contributed by atoms with Gasteiger partial charge in [0.05, 0.1) is 6.10 Å². The Kier molecular flexibility index (Phi) is 4.43. The first-order chi connectivity index (χ1) is 8.14. The third-order valence-corrected chi connectivity index (χ3v) is 5.96. The van der Waals surface area contributed by atoms with Crippen molar-refractivity contribution >= 4 is 12.6 Å². The van der Waals surface area contributed by atoms with Gasteiger partial charge in [-0.25, -0.2) is 0 Å². The van der Waals surface area contributed by atoms with Crippen LogP contribution in [0.15, 0.2) is 0 Å². The largest absolute Gasteiger partial charge is 0.393 e. The topological polar surface area (TPSA) is 23.5 Å². The van der Waals surface area contributed by atoms with Crippen molar-refractivity contribution in [3.63, 3.8) is 0 Å². The van der Waals surface area contributed by atoms with Gasteiger partial charge in [0, 0.05) is 25.6 Å². The predicted octanol–water partition coefficient (Wildman–Crippen LogP) is 2.43. The lowest BCUT2D eigenvalue weighted by Crippen LogP contribution is -2.38. The van der Waals surface area contributed by atoms with E-state index in [1.165, 1.54) is 32.4 Å². The molecule has 0 amide bonds. The second kappa shape index (κ2) is 5.50. The molecule has 0 aromatic heterocycles. The summed E-state index contributed by atoms with van der Waals surface area (Å²) in [6.45, 7) is 8.05. The molecule has 1 aliphatic carbocycles. The second-order valence-electron chi connectivity index (χ2n) is 6.13. The molecule has 2 aliphatic rings. The molecular formula is C14H27NOS. The molecule has 100 valence electrons. The molecule has 1 N–H and O–H groups in total. The average molecular weight is 257 g/mol. The van der Waals surface area contributed by atoms with Crippen LogP contribution < -0.4 is 0 Å². The number of rotatable bonds is 5. The Morgan fingerprint density at radius 2 is 1.94 bits per heavy atom. The quantitative estimate of drug-likeness (QED) is 0.739. The minimum atomic E-state index is -0.0290. The maximum absolute atomic E-state index is 9.95. The summed E-state index contributed by atoms with van der Waals surface area (Å²) >= 11 is 4.56. The highest BCUT2D eigenvalue weighted by molar-refractivity contribution is 7.80. The van der Waals surface area contributed by atoms with Gasteiger partial charge < -0.3 is 10.0 Å². The normalized spacial score (nSPS) is 34.2. The first-order valence-corrected chi connectivity index (χ1v) is 7.78. The number of likely N-dealkylation sites (tertiary alicyclic amines) is 1. The van der Waals surface area contributed by atoms with Gasteiger partial charge in [0.2, 0.25) is 0 Å². The third-order valence-electron chi connectivity index (χ3n) is 5.29. The fraction of sp³-hybridized carbons (Fsp3) is 1.00. The van der Waals surface area contributed by atoms with Crippen molar-refractivity contribution in [3.05, 3.63) is 0 Å². The predicted molar refractivity (Wildman–Crippen MR) is 75.5 cm³/mol. The molecule has 17 heavy (non-hydrogen) atoms. The fourth-order valence-electron chi connectivity index (χ4n) is 3.68. The fourth-order valence-corrected chi connectivity index (χ4v) is 4.23. The molecule has 1 aliphatic heterocycles. The van der Waals surface area contributed by atoms with Crippen molar-refractivity contribution < 1.29 is 5.11 Å². The van der Waals surface area contributed by atoms with E-state index >= 15 is 0 Å². The minimum Gasteiger partial charge on any atom is -0.393 e. The molecule has 3 unspecified atom stereocenters. The Hall–Kier alpha value is 0.270. The lowest BCUT2D eigenvalue weighted by molar-refractivity contribution is 0.114. The summed E-state index contributed by atoms with van der Waals surface area (Å²) in [5.74, 6) is 2.30. The van der Waals surface area contributed by atoms with E-state index in [1.807, 2.05) is 0 Å². The molecule has 2 rings (SSSR count). The third kappa shape index (κ3) is 2.66. The molecule has 0 aromatic rings. The zero-order valence-corrected chi connectivity index (χ0v) is 12.1. The van der Waals surface area contributed by atoms with Gasteiger partial charge in [0.25, 0.3) is 0 Å². The van der Waals surface area contributed by atoms with Gasteiger partial charge in [-0.3, -0.25) is 0 Å². The van der Waals surface area contributed by atoms with Crippen LogP contribution in [0.4, 0.5) is 0 Å². The Balaban J connectivity index is 1.93. The minimum absolute atomic E-state index is 0.0290. The zero-order chi connectivity index (χ0) is 12.5. The van der Waals surface area contributed by atoms with Crippen LogP contribution in [0, 0.1) is 17.3 Å². The number of hydrogen-bond donors (Lipinski definition) is 2. The molecule has 2 nitrogen and oxygen atoms in total. The molecule has 0 spiro atoms. The van der Waals surface area contributed by atoms with E-state index in [0.717, 1.165) is 24.6 Å². The van der Waals surface area contributed by atoms with Crippen LogP contribution in [0.2, 0.25) is 0 Å². The molecule has 1 saturated carbocycles. The van der Waals surface area contributed by atoms with Crippen molar-refractivity contribution in [2.24, 2.45) is 17.3 Å². The van der Waals surface area contributed by atoms with Gasteiger partial charge in [-0.05, 0) is 42.8 Å². The van der Waals surface area contributed by atoms with Crippen LogP contribution in [-0.4, -0.2) is 41.5 Å². The highest BCUT2D eigenvalue weighted by Gasteiger charge is 2.43. The number of aliphatic hydroxyl groups excluding tert-OH is 1. The molecule has 1 heterocycles. The smallest absolute Gasteiger partial charge is 0.0583 e. The molecule has 0 bridgehead atoms. The Morgan fingerprint density at radius 3 is 2.47 bits per heavy atom. The van der Waals surface area contributed by atoms with Gasteiger partial charge in [0.15, 0.2) is 0 Å². The maximum Gasteiger partial charge on any atom is 0.0583 e. The van der Waals surface area contributed by atoms with E-state index < -0.39 is 0 Å². The molecule has 2 fully saturated rings. The van der Waals surface area contributed by atoms with Crippen LogP contribution in [0.25, 0.3) is 0 Å². The van der Waals surface area contributed by atoms with Crippen molar-refractivity contribution in [2.45, 2.75) is 45.6 Å². The summed E-state index contributed by atoms with van der Waals surface area (Å²) in [7, 11) is 0. The van der Waals surface area contributed by atoms with E-state index in [-0.39, 0.29) is 6.10 Å². The van der Waals surface area contributed by atoms with Crippen LogP contribution >= 0.6 is 12.6 Å². The molecule has 3 atom stereocenters. The first-order valence-electron chi connectivity index (χ1n) is 7.15. The first kappa shape index (κ1) is 13.7. The van der Waals surface area contributed by atoms with Crippen molar-refractivity contribution in [1.29, 1.82) is 0 Å². The van der Waals surface area contributed by atoms with E-state index in [4.69, 9.17) is 0 Å². The van der Waals surface area contributed by atoms with Crippen LogP contribution in [0.5, 0.6) is 0 Å². The molecule has 0 aromatic carbocycles. The van der Waals surface area contributed by atoms with Gasteiger partial charge in [-0.1, -0.05) is 13.8 Å². The summed E-state index contributed by atoms with van der Waals surface area (Å²) < 4.78 is 0. The van der Waals surface area contributed by atoms with Crippen molar-refractivity contribution in [1.82, 2.24) is 4.90 Å². The van der Waals surface area contributed by atoms with Crippen molar-refractivity contribution in [3.8, 4) is 0 Å². The molecule has 1 saturated heterocycles. The zero-order valence-electron chi connectivity index (χ0n) is 11.2. The van der Waals surface area contributed by atoms with Gasteiger partial charge >= 0.3 is 0 Å². The highest BCUT2D eigenvalue weighted by Crippen LogP contribution is 2.40. The lowest BCUT2D eigenvalue weighted by atomic mass is 9.84. The van der Waals surface area contributed by atoms with Crippen LogP contribution in [0.1, 0.15) is 39.5 Å². The monoisotopic (exact) mass is 257 g/mol. The van der Waals surface area contributed by atoms with Crippen molar-refractivity contribution in [2.75, 3.05) is 25.4 Å². The standard InChI is InChI=1S/C14H27NOS/c1-3-14(4-2,10-17)9-15-7-11-5-6-13(16)12(11)8-15/h11-13,16-17H,3-10H2,1-2H3. The maximum atomic E-state index is 9.95. The highest BCUT2D eigenvalue weighted by atomic mass is 32.1. The lowest BCUT2D eigenvalue weighted by Gasteiger charge is -2.34. The Bertz CT molecular complexity index is 246. The number of fused-ring (bicyclic) bond motifs is 1. The summed E-state index contributed by atoms with van der Waals surface area (Å²) in [6, 6.07) is 0. The van der Waals surface area contributed by atoms with Crippen LogP contribution in [0.3, 0.4) is 0 Å². The van der Waals surface area contributed by atoms with E-state index in [1.54, 1.807) is 0 Å². The summed E-state index contributed by atoms with van der Waals surface area (Å²) in [4.78, 5) is 2.58. The Morgan fingerprint density at radius 1 is 1.24 bits per heavy atom. The SMILES string of the molecule is CCC(CC)(CS)CN1CC2CCC(O)C2C1. The molecule has 0 radical (unpaired) electrons. The number of nitrogens with zero attached hydrogens (tertiary/aromatic N) is 1.